The lowest BCUT2D eigenvalue weighted by Gasteiger charge is -2.03. The second-order valence-electron chi connectivity index (χ2n) is 3.39. The summed E-state index contributed by atoms with van der Waals surface area (Å²) in [5.41, 5.74) is -0.617. The number of aromatic nitrogens is 2. The molecule has 4 nitrogen and oxygen atoms in total. The highest BCUT2D eigenvalue weighted by atomic mass is 79.9. The fraction of sp³-hybridized carbons (Fsp3) is 0.556. The predicted octanol–water partition coefficient (Wildman–Crippen LogP) is 2.11. The Hall–Kier alpha value is -1.05. The minimum absolute atomic E-state index is 0.0816. The Kier molecular flexibility index (Phi) is 4.18. The molecule has 96 valence electrons. The molecule has 0 aliphatic carbocycles. The molecule has 0 fully saturated rings. The average molecular weight is 314 g/mol. The normalized spacial score (nSPS) is 11.6. The summed E-state index contributed by atoms with van der Waals surface area (Å²) >= 11 is 2.86. The lowest BCUT2D eigenvalue weighted by Crippen LogP contribution is -2.20. The van der Waals surface area contributed by atoms with Crippen LogP contribution in [0.15, 0.2) is 4.47 Å². The van der Waals surface area contributed by atoms with Crippen LogP contribution in [-0.4, -0.2) is 22.7 Å². The zero-order chi connectivity index (χ0) is 13.2. The standard InChI is InChI=1S/C9H11BrF3N3O/c1-5-7(10)8(9(11,12)13)15-16(5)4-3-6(17)14-2/h3-4H2,1-2H3,(H,14,17). The molecule has 1 rings (SSSR count). The van der Waals surface area contributed by atoms with Crippen LogP contribution >= 0.6 is 15.9 Å². The zero-order valence-electron chi connectivity index (χ0n) is 9.23. The van der Waals surface area contributed by atoms with Crippen molar-refractivity contribution in [3.05, 3.63) is 15.9 Å². The largest absolute Gasteiger partial charge is 0.436 e. The molecule has 0 aromatic carbocycles. The van der Waals surface area contributed by atoms with Gasteiger partial charge in [-0.05, 0) is 22.9 Å². The first-order chi connectivity index (χ1) is 7.77. The quantitative estimate of drug-likeness (QED) is 0.929. The smallest absolute Gasteiger partial charge is 0.359 e. The van der Waals surface area contributed by atoms with Crippen LogP contribution in [-0.2, 0) is 17.5 Å². The lowest BCUT2D eigenvalue weighted by molar-refractivity contribution is -0.142. The molecule has 8 heteroatoms. The number of aryl methyl sites for hydroxylation is 1. The van der Waals surface area contributed by atoms with Gasteiger partial charge in [-0.15, -0.1) is 0 Å². The number of carbonyl (C=O) groups is 1. The van der Waals surface area contributed by atoms with Gasteiger partial charge in [0, 0.05) is 13.5 Å². The third-order valence-electron chi connectivity index (χ3n) is 2.23. The zero-order valence-corrected chi connectivity index (χ0v) is 10.8. The highest BCUT2D eigenvalue weighted by molar-refractivity contribution is 9.10. The number of amides is 1. The monoisotopic (exact) mass is 313 g/mol. The van der Waals surface area contributed by atoms with Crippen molar-refractivity contribution in [1.82, 2.24) is 15.1 Å². The Bertz CT molecular complexity index is 428. The Morgan fingerprint density at radius 2 is 2.12 bits per heavy atom. The Morgan fingerprint density at radius 3 is 2.53 bits per heavy atom. The number of nitrogens with one attached hydrogen (secondary N) is 1. The first-order valence-corrected chi connectivity index (χ1v) is 5.57. The Morgan fingerprint density at radius 1 is 1.53 bits per heavy atom. The molecule has 1 N–H and O–H groups in total. The second-order valence-corrected chi connectivity index (χ2v) is 4.19. The summed E-state index contributed by atoms with van der Waals surface area (Å²) in [5, 5.41) is 5.84. The molecule has 1 amide bonds. The summed E-state index contributed by atoms with van der Waals surface area (Å²) in [5.74, 6) is -0.246. The highest BCUT2D eigenvalue weighted by Gasteiger charge is 2.37. The van der Waals surface area contributed by atoms with Crippen molar-refractivity contribution in [3.8, 4) is 0 Å². The van der Waals surface area contributed by atoms with Crippen molar-refractivity contribution < 1.29 is 18.0 Å². The van der Waals surface area contributed by atoms with Gasteiger partial charge in [-0.3, -0.25) is 9.48 Å². The van der Waals surface area contributed by atoms with Crippen molar-refractivity contribution in [2.24, 2.45) is 0 Å². The van der Waals surface area contributed by atoms with E-state index < -0.39 is 11.9 Å². The van der Waals surface area contributed by atoms with E-state index in [1.165, 1.54) is 18.7 Å². The maximum Gasteiger partial charge on any atom is 0.436 e. The molecule has 1 heterocycles. The summed E-state index contributed by atoms with van der Waals surface area (Å²) < 4.78 is 38.7. The van der Waals surface area contributed by atoms with Crippen LogP contribution in [0.2, 0.25) is 0 Å². The Labute approximate surface area is 104 Å². The van der Waals surface area contributed by atoms with E-state index in [2.05, 4.69) is 26.3 Å². The minimum atomic E-state index is -4.50. The molecular weight excluding hydrogens is 303 g/mol. The second kappa shape index (κ2) is 5.07. The van der Waals surface area contributed by atoms with Crippen LogP contribution < -0.4 is 5.32 Å². The number of halogens is 4. The number of alkyl halides is 3. The van der Waals surface area contributed by atoms with Gasteiger partial charge in [0.25, 0.3) is 0 Å². The molecule has 0 unspecified atom stereocenters. The summed E-state index contributed by atoms with van der Waals surface area (Å²) in [7, 11) is 1.47. The fourth-order valence-electron chi connectivity index (χ4n) is 1.26. The SMILES string of the molecule is CNC(=O)CCn1nc(C(F)(F)F)c(Br)c1C. The molecule has 0 saturated carbocycles. The maximum atomic E-state index is 12.5. The van der Waals surface area contributed by atoms with Crippen LogP contribution in [0.1, 0.15) is 17.8 Å². The van der Waals surface area contributed by atoms with Crippen molar-refractivity contribution in [1.29, 1.82) is 0 Å². The predicted molar refractivity (Wildman–Crippen MR) is 58.3 cm³/mol. The van der Waals surface area contributed by atoms with Gasteiger partial charge in [0.2, 0.25) is 5.91 Å². The van der Waals surface area contributed by atoms with Gasteiger partial charge in [-0.1, -0.05) is 0 Å². The van der Waals surface area contributed by atoms with Crippen LogP contribution in [0.3, 0.4) is 0 Å². The van der Waals surface area contributed by atoms with Crippen molar-refractivity contribution >= 4 is 21.8 Å². The molecule has 0 aliphatic heterocycles. The molecule has 0 atom stereocenters. The molecule has 17 heavy (non-hydrogen) atoms. The summed E-state index contributed by atoms with van der Waals surface area (Å²) in [6.07, 6.45) is -4.41. The van der Waals surface area contributed by atoms with E-state index in [1.54, 1.807) is 0 Å². The van der Waals surface area contributed by atoms with Gasteiger partial charge in [0.15, 0.2) is 5.69 Å². The van der Waals surface area contributed by atoms with Crippen molar-refractivity contribution in [2.75, 3.05) is 7.05 Å². The van der Waals surface area contributed by atoms with Gasteiger partial charge >= 0.3 is 6.18 Å². The van der Waals surface area contributed by atoms with Gasteiger partial charge in [-0.2, -0.15) is 18.3 Å². The summed E-state index contributed by atoms with van der Waals surface area (Å²) in [6, 6.07) is 0. The van der Waals surface area contributed by atoms with E-state index in [-0.39, 0.29) is 23.3 Å². The van der Waals surface area contributed by atoms with E-state index in [4.69, 9.17) is 0 Å². The van der Waals surface area contributed by atoms with Crippen molar-refractivity contribution in [3.63, 3.8) is 0 Å². The molecule has 0 radical (unpaired) electrons. The average Bonchev–Trinajstić information content (AvgIpc) is 2.52. The van der Waals surface area contributed by atoms with Gasteiger partial charge < -0.3 is 5.32 Å². The van der Waals surface area contributed by atoms with E-state index in [9.17, 15) is 18.0 Å². The summed E-state index contributed by atoms with van der Waals surface area (Å²) in [6.45, 7) is 1.62. The maximum absolute atomic E-state index is 12.5. The molecule has 1 aromatic rings. The number of hydrogen-bond donors (Lipinski definition) is 1. The highest BCUT2D eigenvalue weighted by Crippen LogP contribution is 2.35. The lowest BCUT2D eigenvalue weighted by atomic mass is 10.3. The molecule has 0 saturated heterocycles. The molecular formula is C9H11BrF3N3O. The fourth-order valence-corrected chi connectivity index (χ4v) is 1.76. The van der Waals surface area contributed by atoms with E-state index in [1.807, 2.05) is 0 Å². The Balaban J connectivity index is 2.92. The molecule has 0 bridgehead atoms. The van der Waals surface area contributed by atoms with Crippen LogP contribution in [0.5, 0.6) is 0 Å². The van der Waals surface area contributed by atoms with E-state index >= 15 is 0 Å². The van der Waals surface area contributed by atoms with Crippen LogP contribution in [0.25, 0.3) is 0 Å². The molecule has 0 spiro atoms. The summed E-state index contributed by atoms with van der Waals surface area (Å²) in [4.78, 5) is 11.0. The topological polar surface area (TPSA) is 46.9 Å². The third kappa shape index (κ3) is 3.21. The van der Waals surface area contributed by atoms with Gasteiger partial charge in [0.1, 0.15) is 0 Å². The van der Waals surface area contributed by atoms with Crippen LogP contribution in [0, 0.1) is 6.92 Å². The number of rotatable bonds is 3. The molecule has 1 aromatic heterocycles. The van der Waals surface area contributed by atoms with Gasteiger partial charge in [0.05, 0.1) is 16.7 Å². The molecule has 0 aliphatic rings. The number of hydrogen-bond acceptors (Lipinski definition) is 2. The third-order valence-corrected chi connectivity index (χ3v) is 3.18. The first-order valence-electron chi connectivity index (χ1n) is 4.78. The number of nitrogens with zero attached hydrogens (tertiary/aromatic N) is 2. The van der Waals surface area contributed by atoms with Crippen LogP contribution in [0.4, 0.5) is 13.2 Å². The van der Waals surface area contributed by atoms with E-state index in [0.717, 1.165) is 0 Å². The minimum Gasteiger partial charge on any atom is -0.359 e. The van der Waals surface area contributed by atoms with Crippen molar-refractivity contribution in [2.45, 2.75) is 26.1 Å². The number of carbonyl (C=O) groups excluding carboxylic acids is 1. The van der Waals surface area contributed by atoms with Gasteiger partial charge in [-0.25, -0.2) is 0 Å². The first kappa shape index (κ1) is 14.0. The van der Waals surface area contributed by atoms with E-state index in [0.29, 0.717) is 5.69 Å².